The molecule has 1 fully saturated rings. The number of ether oxygens (including phenoxy) is 1. The quantitative estimate of drug-likeness (QED) is 0.845. The van der Waals surface area contributed by atoms with Crippen molar-refractivity contribution in [3.8, 4) is 5.75 Å². The number of rotatable bonds is 5. The summed E-state index contributed by atoms with van der Waals surface area (Å²) < 4.78 is 5.13. The molecule has 2 N–H and O–H groups in total. The molecule has 1 aromatic heterocycles. The standard InChI is InChI=1S/C19H21N3O3/c1-25-16-4-2-13(3-5-16)18(23)14-7-10-22(11-8-14)15-6-9-21-17(12-15)19(20)24/h2-6,9,12,14H,7-8,10-11H2,1H3,(H2,20,24). The van der Waals surface area contributed by atoms with Crippen molar-refractivity contribution in [3.63, 3.8) is 0 Å². The van der Waals surface area contributed by atoms with Gasteiger partial charge < -0.3 is 15.4 Å². The number of piperidine rings is 1. The van der Waals surface area contributed by atoms with Gasteiger partial charge in [-0.3, -0.25) is 14.6 Å². The van der Waals surface area contributed by atoms with Gasteiger partial charge in [-0.2, -0.15) is 0 Å². The Bertz CT molecular complexity index is 766. The van der Waals surface area contributed by atoms with Crippen molar-refractivity contribution < 1.29 is 14.3 Å². The van der Waals surface area contributed by atoms with Crippen LogP contribution in [-0.2, 0) is 0 Å². The predicted molar refractivity (Wildman–Crippen MR) is 95.0 cm³/mol. The number of nitrogens with zero attached hydrogens (tertiary/aromatic N) is 2. The highest BCUT2D eigenvalue weighted by atomic mass is 16.5. The summed E-state index contributed by atoms with van der Waals surface area (Å²) in [4.78, 5) is 30.0. The molecule has 0 atom stereocenters. The maximum atomic E-state index is 12.7. The second-order valence-corrected chi connectivity index (χ2v) is 6.12. The zero-order valence-electron chi connectivity index (χ0n) is 14.1. The van der Waals surface area contributed by atoms with Gasteiger partial charge in [-0.15, -0.1) is 0 Å². The van der Waals surface area contributed by atoms with Crippen LogP contribution in [0.15, 0.2) is 42.6 Å². The molecule has 0 spiro atoms. The molecule has 25 heavy (non-hydrogen) atoms. The average Bonchev–Trinajstić information content (AvgIpc) is 2.67. The van der Waals surface area contributed by atoms with Crippen molar-refractivity contribution in [3.05, 3.63) is 53.9 Å². The van der Waals surface area contributed by atoms with Gasteiger partial charge in [-0.1, -0.05) is 0 Å². The molecule has 2 aromatic rings. The number of pyridine rings is 1. The van der Waals surface area contributed by atoms with E-state index in [-0.39, 0.29) is 17.4 Å². The fraction of sp³-hybridized carbons (Fsp3) is 0.316. The van der Waals surface area contributed by atoms with Crippen LogP contribution in [0.5, 0.6) is 5.75 Å². The maximum absolute atomic E-state index is 12.7. The van der Waals surface area contributed by atoms with Gasteiger partial charge in [0.25, 0.3) is 5.91 Å². The lowest BCUT2D eigenvalue weighted by atomic mass is 9.88. The first-order valence-electron chi connectivity index (χ1n) is 8.27. The summed E-state index contributed by atoms with van der Waals surface area (Å²) in [5, 5.41) is 0. The van der Waals surface area contributed by atoms with Crippen LogP contribution in [0, 0.1) is 5.92 Å². The molecule has 0 aliphatic carbocycles. The maximum Gasteiger partial charge on any atom is 0.267 e. The molecule has 3 rings (SSSR count). The minimum atomic E-state index is -0.536. The van der Waals surface area contributed by atoms with E-state index in [1.165, 1.54) is 0 Å². The fourth-order valence-electron chi connectivity index (χ4n) is 3.14. The molecule has 6 nitrogen and oxygen atoms in total. The Labute approximate surface area is 146 Å². The summed E-state index contributed by atoms with van der Waals surface area (Å²) in [5.41, 5.74) is 7.18. The summed E-state index contributed by atoms with van der Waals surface area (Å²) in [5.74, 6) is 0.401. The number of aromatic nitrogens is 1. The van der Waals surface area contributed by atoms with E-state index in [2.05, 4.69) is 9.88 Å². The Morgan fingerprint density at radius 1 is 1.16 bits per heavy atom. The third-order valence-corrected chi connectivity index (χ3v) is 4.60. The molecule has 0 radical (unpaired) electrons. The molecule has 2 heterocycles. The fourth-order valence-corrected chi connectivity index (χ4v) is 3.14. The van der Waals surface area contributed by atoms with E-state index in [9.17, 15) is 9.59 Å². The average molecular weight is 339 g/mol. The molecule has 1 amide bonds. The monoisotopic (exact) mass is 339 g/mol. The lowest BCUT2D eigenvalue weighted by Gasteiger charge is -2.33. The molecule has 0 unspecified atom stereocenters. The molecule has 1 aliphatic rings. The summed E-state index contributed by atoms with van der Waals surface area (Å²) >= 11 is 0. The number of Topliss-reactive ketones (excluding diaryl/α,β-unsaturated/α-hetero) is 1. The first-order chi connectivity index (χ1) is 12.1. The van der Waals surface area contributed by atoms with Gasteiger partial charge in [0.2, 0.25) is 0 Å². The van der Waals surface area contributed by atoms with Gasteiger partial charge in [0.1, 0.15) is 11.4 Å². The molecule has 1 aliphatic heterocycles. The van der Waals surface area contributed by atoms with Crippen molar-refractivity contribution in [2.24, 2.45) is 11.7 Å². The Morgan fingerprint density at radius 3 is 2.44 bits per heavy atom. The van der Waals surface area contributed by atoms with E-state index in [4.69, 9.17) is 10.5 Å². The van der Waals surface area contributed by atoms with Crippen molar-refractivity contribution in [2.75, 3.05) is 25.1 Å². The molecule has 130 valence electrons. The zero-order chi connectivity index (χ0) is 17.8. The first kappa shape index (κ1) is 17.0. The van der Waals surface area contributed by atoms with E-state index >= 15 is 0 Å². The van der Waals surface area contributed by atoms with E-state index in [0.717, 1.165) is 42.9 Å². The van der Waals surface area contributed by atoms with Gasteiger partial charge >= 0.3 is 0 Å². The molecular weight excluding hydrogens is 318 g/mol. The largest absolute Gasteiger partial charge is 0.497 e. The third-order valence-electron chi connectivity index (χ3n) is 4.60. The summed E-state index contributed by atoms with van der Waals surface area (Å²) in [6.45, 7) is 1.52. The topological polar surface area (TPSA) is 85.5 Å². The van der Waals surface area contributed by atoms with Crippen molar-refractivity contribution in [2.45, 2.75) is 12.8 Å². The lowest BCUT2D eigenvalue weighted by molar-refractivity contribution is 0.0900. The highest BCUT2D eigenvalue weighted by Crippen LogP contribution is 2.26. The number of nitrogens with two attached hydrogens (primary N) is 1. The van der Waals surface area contributed by atoms with Crippen LogP contribution in [0.25, 0.3) is 0 Å². The minimum Gasteiger partial charge on any atom is -0.497 e. The molecule has 0 saturated carbocycles. The Kier molecular flexibility index (Phi) is 4.97. The number of ketones is 1. The van der Waals surface area contributed by atoms with Crippen molar-refractivity contribution >= 4 is 17.4 Å². The van der Waals surface area contributed by atoms with Crippen LogP contribution in [0.4, 0.5) is 5.69 Å². The van der Waals surface area contributed by atoms with Gasteiger partial charge in [0.05, 0.1) is 7.11 Å². The van der Waals surface area contributed by atoms with Crippen molar-refractivity contribution in [1.82, 2.24) is 4.98 Å². The molecule has 6 heteroatoms. The second-order valence-electron chi connectivity index (χ2n) is 6.12. The van der Waals surface area contributed by atoms with Gasteiger partial charge in [0, 0.05) is 36.5 Å². The minimum absolute atomic E-state index is 0.0158. The number of benzene rings is 1. The van der Waals surface area contributed by atoms with Crippen LogP contribution in [0.1, 0.15) is 33.7 Å². The van der Waals surface area contributed by atoms with E-state index in [1.807, 2.05) is 30.3 Å². The number of carbonyl (C=O) groups is 2. The lowest BCUT2D eigenvalue weighted by Crippen LogP contribution is -2.36. The van der Waals surface area contributed by atoms with E-state index < -0.39 is 5.91 Å². The Hall–Kier alpha value is -2.89. The second kappa shape index (κ2) is 7.34. The number of amides is 1. The number of hydrogen-bond acceptors (Lipinski definition) is 5. The molecular formula is C19H21N3O3. The molecule has 0 bridgehead atoms. The number of anilines is 1. The summed E-state index contributed by atoms with van der Waals surface area (Å²) in [6, 6.07) is 10.8. The van der Waals surface area contributed by atoms with Crippen LogP contribution >= 0.6 is 0 Å². The van der Waals surface area contributed by atoms with Crippen LogP contribution < -0.4 is 15.4 Å². The van der Waals surface area contributed by atoms with Crippen LogP contribution in [0.2, 0.25) is 0 Å². The van der Waals surface area contributed by atoms with Gasteiger partial charge in [-0.25, -0.2) is 0 Å². The zero-order valence-corrected chi connectivity index (χ0v) is 14.1. The molecule has 1 aromatic carbocycles. The van der Waals surface area contributed by atoms with Crippen LogP contribution in [0.3, 0.4) is 0 Å². The van der Waals surface area contributed by atoms with Gasteiger partial charge in [0.15, 0.2) is 5.78 Å². The Morgan fingerprint density at radius 2 is 1.84 bits per heavy atom. The number of hydrogen-bond donors (Lipinski definition) is 1. The number of carbonyl (C=O) groups excluding carboxylic acids is 2. The number of methoxy groups -OCH3 is 1. The Balaban J connectivity index is 1.64. The smallest absolute Gasteiger partial charge is 0.267 e. The highest BCUT2D eigenvalue weighted by Gasteiger charge is 2.26. The first-order valence-corrected chi connectivity index (χ1v) is 8.27. The predicted octanol–water partition coefficient (Wildman–Crippen LogP) is 2.29. The highest BCUT2D eigenvalue weighted by molar-refractivity contribution is 5.98. The summed E-state index contributed by atoms with van der Waals surface area (Å²) in [6.07, 6.45) is 3.14. The van der Waals surface area contributed by atoms with E-state index in [1.54, 1.807) is 19.4 Å². The number of primary amides is 1. The molecule has 1 saturated heterocycles. The third kappa shape index (κ3) is 3.79. The van der Waals surface area contributed by atoms with E-state index in [0.29, 0.717) is 0 Å². The van der Waals surface area contributed by atoms with Gasteiger partial charge in [-0.05, 0) is 49.2 Å². The SMILES string of the molecule is COc1ccc(C(=O)C2CCN(c3ccnc(C(N)=O)c3)CC2)cc1. The van der Waals surface area contributed by atoms with Crippen molar-refractivity contribution in [1.29, 1.82) is 0 Å². The normalized spacial score (nSPS) is 15.0. The summed E-state index contributed by atoms with van der Waals surface area (Å²) in [7, 11) is 1.61. The van der Waals surface area contributed by atoms with Crippen LogP contribution in [-0.4, -0.2) is 36.9 Å².